The van der Waals surface area contributed by atoms with Crippen molar-refractivity contribution < 1.29 is 19.1 Å². The number of carbonyl (C=O) groups is 3. The maximum atomic E-state index is 13.5. The van der Waals surface area contributed by atoms with Crippen LogP contribution >= 0.6 is 0 Å². The van der Waals surface area contributed by atoms with E-state index in [-0.39, 0.29) is 30.1 Å². The molecule has 0 radical (unpaired) electrons. The summed E-state index contributed by atoms with van der Waals surface area (Å²) in [5, 5.41) is 13.5. The highest BCUT2D eigenvalue weighted by atomic mass is 16.5. The van der Waals surface area contributed by atoms with Gasteiger partial charge in [0.25, 0.3) is 0 Å². The lowest BCUT2D eigenvalue weighted by Gasteiger charge is -2.34. The molecule has 2 aliphatic rings. The smallest absolute Gasteiger partial charge is 0.319 e. The third kappa shape index (κ3) is 6.54. The molecule has 0 aromatic heterocycles. The Morgan fingerprint density at radius 3 is 2.45 bits per heavy atom. The highest BCUT2D eigenvalue weighted by Crippen LogP contribution is 2.29. The van der Waals surface area contributed by atoms with Crippen molar-refractivity contribution in [2.24, 2.45) is 11.7 Å². The predicted octanol–water partition coefficient (Wildman–Crippen LogP) is 1.29. The van der Waals surface area contributed by atoms with Crippen LogP contribution in [0.2, 0.25) is 0 Å². The minimum absolute atomic E-state index is 0.000904. The summed E-state index contributed by atoms with van der Waals surface area (Å²) < 4.78 is 4.74. The largest absolute Gasteiger partial charge is 0.468 e. The SMILES string of the molecule is COC(=O)CN[C@@H](C(=O)N1CCC[C@H]1C(=O)NCc1ccc(C(=N)N)cc1)C1CCCCC1. The molecule has 2 atom stereocenters. The van der Waals surface area contributed by atoms with E-state index in [1.54, 1.807) is 17.0 Å². The summed E-state index contributed by atoms with van der Waals surface area (Å²) in [4.78, 5) is 39.9. The van der Waals surface area contributed by atoms with Crippen LogP contribution in [0.3, 0.4) is 0 Å². The van der Waals surface area contributed by atoms with Gasteiger partial charge >= 0.3 is 5.97 Å². The number of methoxy groups -OCH3 is 1. The Kier molecular flexibility index (Phi) is 8.82. The number of rotatable bonds is 9. The number of benzene rings is 1. The molecule has 2 amide bonds. The predicted molar refractivity (Wildman–Crippen MR) is 124 cm³/mol. The van der Waals surface area contributed by atoms with Crippen LogP contribution in [0.1, 0.15) is 56.1 Å². The Morgan fingerprint density at radius 2 is 1.82 bits per heavy atom. The van der Waals surface area contributed by atoms with Gasteiger partial charge in [0.1, 0.15) is 11.9 Å². The number of nitrogens with one attached hydrogen (secondary N) is 3. The van der Waals surface area contributed by atoms with Gasteiger partial charge < -0.3 is 20.7 Å². The number of hydrogen-bond acceptors (Lipinski definition) is 6. The average Bonchev–Trinajstić information content (AvgIpc) is 3.33. The van der Waals surface area contributed by atoms with Crippen molar-refractivity contribution in [3.8, 4) is 0 Å². The fourth-order valence-corrected chi connectivity index (χ4v) is 4.78. The molecule has 0 spiro atoms. The number of carbonyl (C=O) groups excluding carboxylic acids is 3. The zero-order valence-electron chi connectivity index (χ0n) is 19.3. The summed E-state index contributed by atoms with van der Waals surface area (Å²) in [6.07, 6.45) is 6.57. The molecule has 0 bridgehead atoms. The standard InChI is InChI=1S/C24H35N5O4/c1-33-20(30)15-27-21(17-6-3-2-4-7-17)24(32)29-13-5-8-19(29)23(31)28-14-16-9-11-18(12-10-16)22(25)26/h9-12,17,19,21,27H,2-8,13-15H2,1H3,(H3,25,26)(H,28,31)/t19-,21+/m0/s1. The second-order valence-electron chi connectivity index (χ2n) is 8.85. The Labute approximate surface area is 194 Å². The number of amidine groups is 1. The number of nitrogen functional groups attached to an aromatic ring is 1. The second kappa shape index (κ2) is 11.8. The summed E-state index contributed by atoms with van der Waals surface area (Å²) in [5.74, 6) is -0.532. The molecular weight excluding hydrogens is 422 g/mol. The van der Waals surface area contributed by atoms with Crippen molar-refractivity contribution in [3.05, 3.63) is 35.4 Å². The lowest BCUT2D eigenvalue weighted by atomic mass is 9.83. The maximum Gasteiger partial charge on any atom is 0.319 e. The van der Waals surface area contributed by atoms with Crippen LogP contribution in [0.4, 0.5) is 0 Å². The summed E-state index contributed by atoms with van der Waals surface area (Å²) in [6.45, 7) is 0.847. The van der Waals surface area contributed by atoms with Gasteiger partial charge in [-0.25, -0.2) is 0 Å². The molecule has 1 aromatic carbocycles. The third-order valence-corrected chi connectivity index (χ3v) is 6.65. The van der Waals surface area contributed by atoms with Crippen LogP contribution in [0, 0.1) is 11.3 Å². The molecule has 2 fully saturated rings. The number of ether oxygens (including phenoxy) is 1. The van der Waals surface area contributed by atoms with Gasteiger partial charge in [-0.2, -0.15) is 0 Å². The molecule has 9 nitrogen and oxygen atoms in total. The molecule has 1 aliphatic heterocycles. The van der Waals surface area contributed by atoms with Crippen LogP contribution in [0.15, 0.2) is 24.3 Å². The fraction of sp³-hybridized carbons (Fsp3) is 0.583. The van der Waals surface area contributed by atoms with E-state index in [4.69, 9.17) is 15.9 Å². The maximum absolute atomic E-state index is 13.5. The van der Waals surface area contributed by atoms with E-state index in [1.165, 1.54) is 7.11 Å². The molecule has 180 valence electrons. The first-order valence-corrected chi connectivity index (χ1v) is 11.7. The van der Waals surface area contributed by atoms with E-state index in [9.17, 15) is 14.4 Å². The number of esters is 1. The van der Waals surface area contributed by atoms with E-state index in [1.807, 2.05) is 12.1 Å². The van der Waals surface area contributed by atoms with Crippen molar-refractivity contribution in [1.82, 2.24) is 15.5 Å². The van der Waals surface area contributed by atoms with Crippen LogP contribution in [0.25, 0.3) is 0 Å². The summed E-state index contributed by atoms with van der Waals surface area (Å²) >= 11 is 0. The van der Waals surface area contributed by atoms with Crippen LogP contribution in [-0.2, 0) is 25.7 Å². The summed E-state index contributed by atoms with van der Waals surface area (Å²) in [5.41, 5.74) is 7.00. The Hall–Kier alpha value is -2.94. The van der Waals surface area contributed by atoms with Crippen molar-refractivity contribution in [1.29, 1.82) is 5.41 Å². The van der Waals surface area contributed by atoms with Crippen molar-refractivity contribution >= 4 is 23.6 Å². The second-order valence-corrected chi connectivity index (χ2v) is 8.85. The number of nitrogens with two attached hydrogens (primary N) is 1. The molecule has 3 rings (SSSR count). The lowest BCUT2D eigenvalue weighted by molar-refractivity contribution is -0.143. The summed E-state index contributed by atoms with van der Waals surface area (Å²) in [7, 11) is 1.33. The van der Waals surface area contributed by atoms with Gasteiger partial charge in [0, 0.05) is 18.7 Å². The number of nitrogens with zero attached hydrogens (tertiary/aromatic N) is 1. The Balaban J connectivity index is 1.63. The van der Waals surface area contributed by atoms with Crippen LogP contribution < -0.4 is 16.4 Å². The third-order valence-electron chi connectivity index (χ3n) is 6.65. The van der Waals surface area contributed by atoms with Crippen molar-refractivity contribution in [3.63, 3.8) is 0 Å². The topological polar surface area (TPSA) is 138 Å². The van der Waals surface area contributed by atoms with Gasteiger partial charge in [0.2, 0.25) is 11.8 Å². The minimum Gasteiger partial charge on any atom is -0.468 e. The number of amides is 2. The average molecular weight is 458 g/mol. The molecule has 1 aliphatic carbocycles. The Morgan fingerprint density at radius 1 is 1.12 bits per heavy atom. The molecule has 33 heavy (non-hydrogen) atoms. The molecule has 1 saturated heterocycles. The fourth-order valence-electron chi connectivity index (χ4n) is 4.78. The molecule has 0 unspecified atom stereocenters. The normalized spacial score (nSPS) is 19.7. The Bertz CT molecular complexity index is 851. The zero-order chi connectivity index (χ0) is 23.8. The van der Waals surface area contributed by atoms with Gasteiger partial charge in [0.15, 0.2) is 0 Å². The van der Waals surface area contributed by atoms with Crippen molar-refractivity contribution in [2.45, 2.75) is 63.6 Å². The molecule has 1 saturated carbocycles. The van der Waals surface area contributed by atoms with E-state index in [0.717, 1.165) is 44.1 Å². The minimum atomic E-state index is -0.514. The zero-order valence-corrected chi connectivity index (χ0v) is 19.3. The molecular formula is C24H35N5O4. The van der Waals surface area contributed by atoms with Crippen LogP contribution in [0.5, 0.6) is 0 Å². The first-order valence-electron chi connectivity index (χ1n) is 11.7. The van der Waals surface area contributed by atoms with E-state index >= 15 is 0 Å². The molecule has 9 heteroatoms. The van der Waals surface area contributed by atoms with Gasteiger partial charge in [-0.15, -0.1) is 0 Å². The van der Waals surface area contributed by atoms with Gasteiger partial charge in [-0.3, -0.25) is 25.1 Å². The summed E-state index contributed by atoms with van der Waals surface area (Å²) in [6, 6.07) is 6.14. The van der Waals surface area contributed by atoms with Gasteiger partial charge in [-0.1, -0.05) is 43.5 Å². The monoisotopic (exact) mass is 457 g/mol. The lowest BCUT2D eigenvalue weighted by Crippen LogP contribution is -2.55. The molecule has 5 N–H and O–H groups in total. The first kappa shape index (κ1) is 24.7. The quantitative estimate of drug-likeness (QED) is 0.250. The first-order chi connectivity index (χ1) is 15.9. The molecule has 1 heterocycles. The van der Waals surface area contributed by atoms with Crippen LogP contribution in [-0.4, -0.2) is 60.8 Å². The highest BCUT2D eigenvalue weighted by molar-refractivity contribution is 5.95. The van der Waals surface area contributed by atoms with Gasteiger partial charge in [0.05, 0.1) is 19.7 Å². The number of hydrogen-bond donors (Lipinski definition) is 4. The van der Waals surface area contributed by atoms with E-state index in [0.29, 0.717) is 25.1 Å². The van der Waals surface area contributed by atoms with Gasteiger partial charge in [-0.05, 0) is 37.2 Å². The van der Waals surface area contributed by atoms with E-state index in [2.05, 4.69) is 10.6 Å². The molecule has 1 aromatic rings. The number of likely N-dealkylation sites (tertiary alicyclic amines) is 1. The highest BCUT2D eigenvalue weighted by Gasteiger charge is 2.40. The van der Waals surface area contributed by atoms with Crippen molar-refractivity contribution in [2.75, 3.05) is 20.2 Å². The van der Waals surface area contributed by atoms with E-state index < -0.39 is 18.1 Å².